The zero-order valence-electron chi connectivity index (χ0n) is 17.1. The predicted octanol–water partition coefficient (Wildman–Crippen LogP) is 0.693. The van der Waals surface area contributed by atoms with Crippen LogP contribution < -0.4 is 0 Å². The van der Waals surface area contributed by atoms with E-state index in [1.165, 1.54) is 20.8 Å². The van der Waals surface area contributed by atoms with Gasteiger partial charge >= 0.3 is 35.8 Å². The first-order valence-electron chi connectivity index (χ1n) is 7.76. The van der Waals surface area contributed by atoms with Crippen LogP contribution in [0.5, 0.6) is 0 Å². The van der Waals surface area contributed by atoms with Crippen LogP contribution in [0, 0.1) is 0 Å². The first-order chi connectivity index (χ1) is 13.7. The van der Waals surface area contributed by atoms with Crippen molar-refractivity contribution in [2.75, 3.05) is 0 Å². The van der Waals surface area contributed by atoms with Gasteiger partial charge in [-0.15, -0.1) is 0 Å². The van der Waals surface area contributed by atoms with E-state index in [0.717, 1.165) is 0 Å². The van der Waals surface area contributed by atoms with E-state index in [0.29, 0.717) is 0 Å². The van der Waals surface area contributed by atoms with Gasteiger partial charge in [-0.1, -0.05) is 19.7 Å². The smallest absolute Gasteiger partial charge is 0.336 e. The molecule has 0 spiro atoms. The Morgan fingerprint density at radius 2 is 0.742 bits per heavy atom. The summed E-state index contributed by atoms with van der Waals surface area (Å²) in [7, 11) is 0. The van der Waals surface area contributed by atoms with E-state index in [2.05, 4.69) is 19.7 Å². The zero-order valence-corrected chi connectivity index (χ0v) is 17.1. The molecule has 0 aromatic rings. The van der Waals surface area contributed by atoms with Gasteiger partial charge in [0.2, 0.25) is 0 Å². The van der Waals surface area contributed by atoms with Crippen molar-refractivity contribution in [2.24, 2.45) is 0 Å². The molecule has 0 aliphatic carbocycles. The molecule has 0 aromatic heterocycles. The molecule has 0 unspecified atom stereocenters. The summed E-state index contributed by atoms with van der Waals surface area (Å²) in [6, 6.07) is 0. The molecule has 0 fully saturated rings. The molecular weight excluding hydrogens is 424 g/mol. The molecule has 0 aromatic carbocycles. The summed E-state index contributed by atoms with van der Waals surface area (Å²) in [5.74, 6) is -7.82. The molecule has 0 heterocycles. The highest BCUT2D eigenvalue weighted by Crippen LogP contribution is 2.15. The molecule has 0 saturated heterocycles. The predicted molar refractivity (Wildman–Crippen MR) is 104 cm³/mol. The average Bonchev–Trinajstić information content (AvgIpc) is 2.54. The minimum absolute atomic E-state index is 0.176. The molecule has 0 saturated carbocycles. The monoisotopic (exact) mass is 450 g/mol. The summed E-state index contributed by atoms with van der Waals surface area (Å²) in [5, 5.41) is 57.5. The average molecular weight is 450 g/mol. The molecule has 0 atom stereocenters. The number of carbonyl (C=O) groups is 6. The minimum atomic E-state index is -2.74. The van der Waals surface area contributed by atoms with E-state index in [4.69, 9.17) is 35.7 Å². The molecule has 31 heavy (non-hydrogen) atoms. The molecular formula is C18H26O13. The van der Waals surface area contributed by atoms with E-state index >= 15 is 0 Å². The van der Waals surface area contributed by atoms with Crippen LogP contribution in [0.25, 0.3) is 0 Å². The van der Waals surface area contributed by atoms with Crippen LogP contribution in [0.1, 0.15) is 33.6 Å². The molecule has 0 amide bonds. The number of aliphatic hydroxyl groups is 1. The lowest BCUT2D eigenvalue weighted by Gasteiger charge is -2.18. The highest BCUT2D eigenvalue weighted by Gasteiger charge is 2.40. The normalized spacial score (nSPS) is 8.90. The number of aliphatic carboxylic acids is 6. The third-order valence-electron chi connectivity index (χ3n) is 2.38. The van der Waals surface area contributed by atoms with Gasteiger partial charge in [-0.25, -0.2) is 19.2 Å². The van der Waals surface area contributed by atoms with Gasteiger partial charge in [0.05, 0.1) is 12.8 Å². The van der Waals surface area contributed by atoms with Gasteiger partial charge in [-0.05, 0) is 20.8 Å². The second kappa shape index (κ2) is 16.9. The van der Waals surface area contributed by atoms with E-state index in [1.54, 1.807) is 0 Å². The quantitative estimate of drug-likeness (QED) is 0.252. The van der Waals surface area contributed by atoms with Gasteiger partial charge in [0.1, 0.15) is 0 Å². The van der Waals surface area contributed by atoms with Crippen molar-refractivity contribution >= 4 is 35.8 Å². The summed E-state index contributed by atoms with van der Waals surface area (Å²) < 4.78 is 0. The topological polar surface area (TPSA) is 244 Å². The second-order valence-electron chi connectivity index (χ2n) is 5.73. The molecule has 0 rings (SSSR count). The van der Waals surface area contributed by atoms with Crippen LogP contribution in [0.2, 0.25) is 0 Å². The maximum absolute atomic E-state index is 10.3. The van der Waals surface area contributed by atoms with Crippen molar-refractivity contribution in [3.63, 3.8) is 0 Å². The molecule has 0 radical (unpaired) electrons. The van der Waals surface area contributed by atoms with Crippen molar-refractivity contribution in [1.82, 2.24) is 0 Å². The van der Waals surface area contributed by atoms with Crippen LogP contribution in [-0.2, 0) is 28.8 Å². The fourth-order valence-corrected chi connectivity index (χ4v) is 0.714. The molecule has 0 aliphatic heterocycles. The summed E-state index contributed by atoms with van der Waals surface area (Å²) in [6.07, 6.45) is -2.29. The Morgan fingerprint density at radius 1 is 0.581 bits per heavy atom. The number of hydrogen-bond donors (Lipinski definition) is 7. The Labute approximate surface area is 176 Å². The van der Waals surface area contributed by atoms with E-state index < -0.39 is 54.3 Å². The van der Waals surface area contributed by atoms with E-state index in [1.807, 2.05) is 0 Å². The van der Waals surface area contributed by atoms with Crippen LogP contribution >= 0.6 is 0 Å². The van der Waals surface area contributed by atoms with Crippen molar-refractivity contribution in [2.45, 2.75) is 39.2 Å². The molecule has 13 nitrogen and oxygen atoms in total. The largest absolute Gasteiger partial charge is 0.481 e. The fraction of sp³-hybridized carbons (Fsp3) is 0.333. The van der Waals surface area contributed by atoms with Crippen molar-refractivity contribution in [3.05, 3.63) is 36.5 Å². The number of hydrogen-bond acceptors (Lipinski definition) is 7. The van der Waals surface area contributed by atoms with Gasteiger partial charge in [0, 0.05) is 16.7 Å². The maximum Gasteiger partial charge on any atom is 0.336 e. The first-order valence-corrected chi connectivity index (χ1v) is 7.76. The molecule has 13 heteroatoms. The van der Waals surface area contributed by atoms with Crippen LogP contribution in [0.4, 0.5) is 0 Å². The molecule has 176 valence electrons. The standard InChI is InChI=1S/C6H8O7.3C4H6O2/c7-3(8)1-6(13,5(11)12)2-4(9)10;3*1-3(2)4(5)6/h13H,1-2H2,(H,7,8)(H,9,10)(H,11,12);3*1H2,2H3,(H,5,6). The number of carboxylic acids is 6. The van der Waals surface area contributed by atoms with Gasteiger partial charge in [-0.3, -0.25) is 9.59 Å². The molecule has 0 aliphatic rings. The highest BCUT2D eigenvalue weighted by molar-refractivity contribution is 5.88. The highest BCUT2D eigenvalue weighted by atomic mass is 16.4. The Morgan fingerprint density at radius 3 is 0.806 bits per heavy atom. The molecule has 0 bridgehead atoms. The van der Waals surface area contributed by atoms with Gasteiger partial charge in [0.25, 0.3) is 0 Å². The lowest BCUT2D eigenvalue weighted by Crippen LogP contribution is -2.42. The number of rotatable bonds is 8. The fourth-order valence-electron chi connectivity index (χ4n) is 0.714. The number of carboxylic acid groups (broad SMARTS) is 6. The lowest BCUT2D eigenvalue weighted by molar-refractivity contribution is -0.170. The third-order valence-corrected chi connectivity index (χ3v) is 2.38. The van der Waals surface area contributed by atoms with Gasteiger partial charge in [-0.2, -0.15) is 0 Å². The van der Waals surface area contributed by atoms with Crippen LogP contribution in [0.3, 0.4) is 0 Å². The Kier molecular flexibility index (Phi) is 18.8. The zero-order chi connectivity index (χ0) is 26.1. The first kappa shape index (κ1) is 34.5. The Hall–Kier alpha value is -4.00. The van der Waals surface area contributed by atoms with Crippen molar-refractivity contribution in [1.29, 1.82) is 0 Å². The van der Waals surface area contributed by atoms with Crippen LogP contribution in [-0.4, -0.2) is 77.2 Å². The maximum atomic E-state index is 10.3. The Bertz CT molecular complexity index is 622. The SMILES string of the molecule is C=C(C)C(=O)O.C=C(C)C(=O)O.C=C(C)C(=O)O.O=C(O)CC(O)(CC(=O)O)C(=O)O. The summed E-state index contributed by atoms with van der Waals surface area (Å²) in [6.45, 7) is 13.8. The molecule has 7 N–H and O–H groups in total. The van der Waals surface area contributed by atoms with E-state index in [9.17, 15) is 28.8 Å². The summed E-state index contributed by atoms with van der Waals surface area (Å²) >= 11 is 0. The summed E-state index contributed by atoms with van der Waals surface area (Å²) in [5.41, 5.74) is -2.21. The third kappa shape index (κ3) is 26.0. The van der Waals surface area contributed by atoms with E-state index in [-0.39, 0.29) is 16.7 Å². The van der Waals surface area contributed by atoms with Crippen molar-refractivity contribution in [3.8, 4) is 0 Å². The second-order valence-corrected chi connectivity index (χ2v) is 5.73. The Balaban J connectivity index is -0.000000171. The van der Waals surface area contributed by atoms with Gasteiger partial charge in [0.15, 0.2) is 5.60 Å². The lowest BCUT2D eigenvalue weighted by atomic mass is 9.96. The summed E-state index contributed by atoms with van der Waals surface area (Å²) in [4.78, 5) is 59.3. The van der Waals surface area contributed by atoms with Crippen molar-refractivity contribution < 1.29 is 64.5 Å². The minimum Gasteiger partial charge on any atom is -0.481 e. The van der Waals surface area contributed by atoms with Gasteiger partial charge < -0.3 is 35.7 Å². The van der Waals surface area contributed by atoms with Crippen LogP contribution in [0.15, 0.2) is 36.5 Å².